The first kappa shape index (κ1) is 33.5. The molecule has 3 saturated heterocycles. The third-order valence-corrected chi connectivity index (χ3v) is 9.23. The number of carbonyl (C=O) groups is 2. The molecule has 0 aromatic heterocycles. The van der Waals surface area contributed by atoms with Gasteiger partial charge in [-0.15, -0.1) is 0 Å². The van der Waals surface area contributed by atoms with Crippen LogP contribution in [0.5, 0.6) is 5.75 Å². The van der Waals surface area contributed by atoms with E-state index in [0.717, 1.165) is 35.8 Å². The molecular formula is C32H43Cl3N2O4. The third-order valence-electron chi connectivity index (χ3n) is 8.49. The summed E-state index contributed by atoms with van der Waals surface area (Å²) in [4.78, 5) is 27.1. The molecule has 41 heavy (non-hydrogen) atoms. The van der Waals surface area contributed by atoms with Gasteiger partial charge in [0.15, 0.2) is 0 Å². The maximum absolute atomic E-state index is 13.7. The Hall–Kier alpha value is -1.99. The Morgan fingerprint density at radius 1 is 1.02 bits per heavy atom. The molecule has 0 radical (unpaired) electrons. The summed E-state index contributed by atoms with van der Waals surface area (Å²) in [6, 6.07) is 13.5. The molecule has 1 amide bonds. The molecule has 0 N–H and O–H groups in total. The van der Waals surface area contributed by atoms with Gasteiger partial charge in [-0.3, -0.25) is 9.59 Å². The quantitative estimate of drug-likeness (QED) is 0.253. The standard InChI is InChI=1S/C32H43Cl2N2O4.ClH/c1-23(2)40-29-6-4-5-26(19-29)20-32(38)35(13-18-39-24(3)37)22-28(27-7-8-30(33)31(34)21-27)12-17-36-14-9-25(10-15-36)11-16-36;/h4-8,19,21,23,25,28H,9-18,20,22H2,1-3H3;1H/q+1;/p-1. The number of piperidine rings is 3. The number of rotatable bonds is 13. The summed E-state index contributed by atoms with van der Waals surface area (Å²) in [5.41, 5.74) is 1.97. The van der Waals surface area contributed by atoms with Gasteiger partial charge < -0.3 is 31.3 Å². The Kier molecular flexibility index (Phi) is 12.6. The first-order valence-electron chi connectivity index (χ1n) is 14.6. The fourth-order valence-corrected chi connectivity index (χ4v) is 6.51. The summed E-state index contributed by atoms with van der Waals surface area (Å²) in [5.74, 6) is 1.38. The molecule has 0 aliphatic carbocycles. The van der Waals surface area contributed by atoms with Crippen molar-refractivity contribution in [2.75, 3.05) is 45.9 Å². The van der Waals surface area contributed by atoms with E-state index in [1.807, 2.05) is 61.2 Å². The number of nitrogens with zero attached hydrogens (tertiary/aromatic N) is 2. The van der Waals surface area contributed by atoms with Crippen molar-refractivity contribution in [3.8, 4) is 5.75 Å². The van der Waals surface area contributed by atoms with Crippen LogP contribution in [-0.4, -0.2) is 73.2 Å². The molecule has 3 heterocycles. The molecule has 2 bridgehead atoms. The summed E-state index contributed by atoms with van der Waals surface area (Å²) in [5, 5.41) is 1.05. The van der Waals surface area contributed by atoms with Crippen molar-refractivity contribution in [2.24, 2.45) is 5.92 Å². The highest BCUT2D eigenvalue weighted by Gasteiger charge is 2.40. The number of benzene rings is 2. The van der Waals surface area contributed by atoms with E-state index in [-0.39, 0.29) is 49.3 Å². The van der Waals surface area contributed by atoms with Gasteiger partial charge >= 0.3 is 5.97 Å². The van der Waals surface area contributed by atoms with Crippen LogP contribution in [0.1, 0.15) is 63.5 Å². The second-order valence-corrected chi connectivity index (χ2v) is 12.6. The molecule has 3 fully saturated rings. The van der Waals surface area contributed by atoms with Gasteiger partial charge in [-0.05, 0) is 74.4 Å². The van der Waals surface area contributed by atoms with Crippen LogP contribution in [-0.2, 0) is 20.7 Å². The second-order valence-electron chi connectivity index (χ2n) is 11.8. The summed E-state index contributed by atoms with van der Waals surface area (Å²) in [6.45, 7) is 11.2. The molecule has 226 valence electrons. The number of fused-ring (bicyclic) bond motifs is 3. The van der Waals surface area contributed by atoms with Gasteiger partial charge in [0.2, 0.25) is 5.91 Å². The number of esters is 1. The summed E-state index contributed by atoms with van der Waals surface area (Å²) in [7, 11) is 0. The lowest BCUT2D eigenvalue weighted by molar-refractivity contribution is -0.943. The number of carbonyl (C=O) groups excluding carboxylic acids is 2. The molecule has 9 heteroatoms. The number of hydrogen-bond acceptors (Lipinski definition) is 4. The van der Waals surface area contributed by atoms with Crippen LogP contribution in [0.15, 0.2) is 42.5 Å². The van der Waals surface area contributed by atoms with E-state index in [9.17, 15) is 9.59 Å². The van der Waals surface area contributed by atoms with Gasteiger partial charge in [0, 0.05) is 25.8 Å². The van der Waals surface area contributed by atoms with Gasteiger partial charge in [0.1, 0.15) is 12.4 Å². The van der Waals surface area contributed by atoms with Crippen LogP contribution < -0.4 is 17.1 Å². The zero-order chi connectivity index (χ0) is 28.7. The van der Waals surface area contributed by atoms with Crippen LogP contribution in [0, 0.1) is 5.92 Å². The van der Waals surface area contributed by atoms with Crippen molar-refractivity contribution < 1.29 is 36.0 Å². The van der Waals surface area contributed by atoms with Gasteiger partial charge in [0.05, 0.1) is 55.3 Å². The van der Waals surface area contributed by atoms with E-state index in [4.69, 9.17) is 32.7 Å². The minimum absolute atomic E-state index is 0. The smallest absolute Gasteiger partial charge is 0.302 e. The zero-order valence-electron chi connectivity index (χ0n) is 24.4. The Balaban J connectivity index is 0.00000462. The van der Waals surface area contributed by atoms with Crippen LogP contribution in [0.4, 0.5) is 0 Å². The van der Waals surface area contributed by atoms with Crippen molar-refractivity contribution in [2.45, 2.75) is 64.9 Å². The number of quaternary nitrogens is 1. The number of halogens is 3. The SMILES string of the molecule is CC(=O)OCCN(CC(CC[N+]12CCC(CC1)CC2)c1ccc(Cl)c(Cl)c1)C(=O)Cc1cccc(OC(C)C)c1.[Cl-]. The highest BCUT2D eigenvalue weighted by Crippen LogP contribution is 2.36. The van der Waals surface area contributed by atoms with E-state index in [1.165, 1.54) is 50.3 Å². The lowest BCUT2D eigenvalue weighted by atomic mass is 9.84. The number of amides is 1. The van der Waals surface area contributed by atoms with Crippen molar-refractivity contribution in [3.05, 3.63) is 63.6 Å². The largest absolute Gasteiger partial charge is 1.00 e. The maximum atomic E-state index is 13.7. The molecular weight excluding hydrogens is 583 g/mol. The first-order chi connectivity index (χ1) is 19.1. The predicted octanol–water partition coefficient (Wildman–Crippen LogP) is 3.52. The molecule has 6 nitrogen and oxygen atoms in total. The van der Waals surface area contributed by atoms with Crippen LogP contribution >= 0.6 is 23.2 Å². The van der Waals surface area contributed by atoms with Crippen LogP contribution in [0.2, 0.25) is 10.0 Å². The topological polar surface area (TPSA) is 55.8 Å². The maximum Gasteiger partial charge on any atom is 0.302 e. The summed E-state index contributed by atoms with van der Waals surface area (Å²) < 4.78 is 12.3. The summed E-state index contributed by atoms with van der Waals surface area (Å²) >= 11 is 12.7. The summed E-state index contributed by atoms with van der Waals surface area (Å²) in [6.07, 6.45) is 5.20. The van der Waals surface area contributed by atoms with E-state index in [1.54, 1.807) is 0 Å². The Morgan fingerprint density at radius 2 is 1.73 bits per heavy atom. The highest BCUT2D eigenvalue weighted by atomic mass is 35.5. The van der Waals surface area contributed by atoms with Crippen molar-refractivity contribution >= 4 is 35.1 Å². The lowest BCUT2D eigenvalue weighted by Crippen LogP contribution is -3.00. The van der Waals surface area contributed by atoms with E-state index in [0.29, 0.717) is 23.1 Å². The molecule has 2 aromatic carbocycles. The normalized spacial score (nSPS) is 20.3. The first-order valence-corrected chi connectivity index (χ1v) is 15.3. The van der Waals surface area contributed by atoms with Crippen molar-refractivity contribution in [1.29, 1.82) is 0 Å². The predicted molar refractivity (Wildman–Crippen MR) is 160 cm³/mol. The molecule has 1 unspecified atom stereocenters. The lowest BCUT2D eigenvalue weighted by Gasteiger charge is -2.49. The second kappa shape index (κ2) is 15.5. The molecule has 1 atom stereocenters. The van der Waals surface area contributed by atoms with Crippen molar-refractivity contribution in [1.82, 2.24) is 4.90 Å². The Labute approximate surface area is 261 Å². The minimum atomic E-state index is -0.351. The van der Waals surface area contributed by atoms with Crippen LogP contribution in [0.25, 0.3) is 0 Å². The molecule has 3 aliphatic heterocycles. The zero-order valence-corrected chi connectivity index (χ0v) is 26.7. The van der Waals surface area contributed by atoms with Gasteiger partial charge in [0.25, 0.3) is 0 Å². The van der Waals surface area contributed by atoms with Gasteiger partial charge in [-0.25, -0.2) is 0 Å². The Morgan fingerprint density at radius 3 is 2.37 bits per heavy atom. The molecule has 0 saturated carbocycles. The number of hydrogen-bond donors (Lipinski definition) is 0. The minimum Gasteiger partial charge on any atom is -1.00 e. The average Bonchev–Trinajstić information content (AvgIpc) is 2.92. The highest BCUT2D eigenvalue weighted by molar-refractivity contribution is 6.42. The monoisotopic (exact) mass is 624 g/mol. The third kappa shape index (κ3) is 9.77. The van der Waals surface area contributed by atoms with Gasteiger partial charge in [-0.1, -0.05) is 41.4 Å². The van der Waals surface area contributed by atoms with Gasteiger partial charge in [-0.2, -0.15) is 0 Å². The van der Waals surface area contributed by atoms with E-state index < -0.39 is 0 Å². The number of ether oxygens (including phenoxy) is 2. The molecule has 2 aromatic rings. The fourth-order valence-electron chi connectivity index (χ4n) is 6.20. The molecule has 5 rings (SSSR count). The molecule has 3 aliphatic rings. The molecule has 0 spiro atoms. The van der Waals surface area contributed by atoms with E-state index >= 15 is 0 Å². The average molecular weight is 626 g/mol. The fraction of sp³-hybridized carbons (Fsp3) is 0.562. The van der Waals surface area contributed by atoms with Crippen LogP contribution in [0.3, 0.4) is 0 Å². The van der Waals surface area contributed by atoms with E-state index in [2.05, 4.69) is 0 Å². The van der Waals surface area contributed by atoms with Crippen molar-refractivity contribution in [3.63, 3.8) is 0 Å². The Bertz CT molecular complexity index is 1150.